The van der Waals surface area contributed by atoms with Crippen LogP contribution in [-0.2, 0) is 19.1 Å². The van der Waals surface area contributed by atoms with Crippen LogP contribution in [0.2, 0.25) is 0 Å². The van der Waals surface area contributed by atoms with E-state index in [0.29, 0.717) is 18.3 Å². The van der Waals surface area contributed by atoms with Gasteiger partial charge in [-0.15, -0.1) is 0 Å². The van der Waals surface area contributed by atoms with Crippen LogP contribution in [0.25, 0.3) is 11.1 Å². The summed E-state index contributed by atoms with van der Waals surface area (Å²) in [6.45, 7) is 12.6. The molecule has 0 radical (unpaired) electrons. The predicted octanol–water partition coefficient (Wildman–Crippen LogP) is 7.80. The molecule has 0 saturated carbocycles. The third kappa shape index (κ3) is 7.01. The number of rotatable bonds is 9. The lowest BCUT2D eigenvalue weighted by Crippen LogP contribution is -2.18. The maximum Gasteiger partial charge on any atom is 0.416 e. The van der Waals surface area contributed by atoms with Crippen molar-refractivity contribution < 1.29 is 13.2 Å². The van der Waals surface area contributed by atoms with Crippen molar-refractivity contribution >= 4 is 5.69 Å². The van der Waals surface area contributed by atoms with Gasteiger partial charge < -0.3 is 10.6 Å². The van der Waals surface area contributed by atoms with Crippen LogP contribution >= 0.6 is 0 Å². The number of halogens is 3. The molecule has 0 aliphatic heterocycles. The van der Waals surface area contributed by atoms with Crippen LogP contribution in [0.5, 0.6) is 0 Å². The maximum absolute atomic E-state index is 12.7. The third-order valence-corrected chi connectivity index (χ3v) is 5.62. The Morgan fingerprint density at radius 3 is 2.12 bits per heavy atom. The van der Waals surface area contributed by atoms with Gasteiger partial charge in [-0.25, -0.2) is 0 Å². The lowest BCUT2D eigenvalue weighted by atomic mass is 9.94. The molecule has 2 N–H and O–H groups in total. The first kappa shape index (κ1) is 24.2. The molecule has 0 bridgehead atoms. The topological polar surface area (TPSA) is 24.1 Å². The average molecular weight is 451 g/mol. The van der Waals surface area contributed by atoms with E-state index in [4.69, 9.17) is 0 Å². The molecule has 0 amide bonds. The number of alkyl halides is 3. The van der Waals surface area contributed by atoms with Gasteiger partial charge >= 0.3 is 6.18 Å². The molecule has 0 spiro atoms. The number of hydrogen-bond acceptors (Lipinski definition) is 2. The molecule has 0 aliphatic carbocycles. The number of nitrogens with one attached hydrogen (secondary N) is 2. The third-order valence-electron chi connectivity index (χ3n) is 5.62. The van der Waals surface area contributed by atoms with E-state index in [-0.39, 0.29) is 0 Å². The van der Waals surface area contributed by atoms with Crippen molar-refractivity contribution in [2.24, 2.45) is 5.92 Å². The van der Waals surface area contributed by atoms with Crippen molar-refractivity contribution in [2.75, 3.05) is 5.32 Å². The van der Waals surface area contributed by atoms with Crippen LogP contribution in [0.15, 0.2) is 97.3 Å². The van der Waals surface area contributed by atoms with Crippen LogP contribution in [0.4, 0.5) is 18.9 Å². The van der Waals surface area contributed by atoms with Gasteiger partial charge in [0.1, 0.15) is 0 Å². The minimum absolute atomic E-state index is 0.369. The highest BCUT2D eigenvalue weighted by Crippen LogP contribution is 2.29. The van der Waals surface area contributed by atoms with E-state index in [0.717, 1.165) is 40.9 Å². The van der Waals surface area contributed by atoms with Gasteiger partial charge in [0.25, 0.3) is 0 Å². The fraction of sp³-hybridized carbons (Fsp3) is 0.214. The molecule has 0 saturated heterocycles. The summed E-state index contributed by atoms with van der Waals surface area (Å²) in [5.41, 5.74) is 5.62. The summed E-state index contributed by atoms with van der Waals surface area (Å²) < 4.78 is 38.1. The number of hydrogen-bond donors (Lipinski definition) is 2. The molecule has 172 valence electrons. The van der Waals surface area contributed by atoms with E-state index in [1.807, 2.05) is 18.2 Å². The van der Waals surface area contributed by atoms with Crippen LogP contribution < -0.4 is 10.6 Å². The minimum atomic E-state index is -4.33. The first-order chi connectivity index (χ1) is 15.6. The summed E-state index contributed by atoms with van der Waals surface area (Å²) in [5, 5.41) is 6.32. The highest BCUT2D eigenvalue weighted by Gasteiger charge is 2.29. The molecular weight excluding hydrogens is 421 g/mol. The number of benzene rings is 3. The number of anilines is 1. The van der Waals surface area contributed by atoms with Crippen LogP contribution in [0, 0.1) is 5.92 Å². The van der Waals surface area contributed by atoms with Crippen molar-refractivity contribution in [3.05, 3.63) is 114 Å². The van der Waals surface area contributed by atoms with Gasteiger partial charge in [-0.3, -0.25) is 0 Å². The molecular formula is C28H29F3N2. The zero-order chi connectivity index (χ0) is 24.0. The summed E-state index contributed by atoms with van der Waals surface area (Å²) in [6.07, 6.45) is -3.35. The molecule has 0 fully saturated rings. The Morgan fingerprint density at radius 1 is 0.879 bits per heavy atom. The van der Waals surface area contributed by atoms with Crippen molar-refractivity contribution in [1.29, 1.82) is 0 Å². The summed E-state index contributed by atoms with van der Waals surface area (Å²) in [6, 6.07) is 21.6. The monoisotopic (exact) mass is 450 g/mol. The van der Waals surface area contributed by atoms with E-state index >= 15 is 0 Å². The molecule has 1 unspecified atom stereocenters. The molecule has 5 heteroatoms. The SMILES string of the molecule is C=C(NCc1ccc(C(F)(F)F)cc1)Nc1cccc(-c2ccc(CC(C)C(=C)C)cc2)c1. The molecule has 0 aromatic heterocycles. The normalized spacial score (nSPS) is 12.2. The second-order valence-electron chi connectivity index (χ2n) is 8.38. The zero-order valence-electron chi connectivity index (χ0n) is 19.0. The molecule has 3 aromatic rings. The predicted molar refractivity (Wildman–Crippen MR) is 131 cm³/mol. The van der Waals surface area contributed by atoms with Crippen LogP contribution in [0.1, 0.15) is 30.5 Å². The molecule has 0 aliphatic rings. The van der Waals surface area contributed by atoms with E-state index in [1.54, 1.807) is 0 Å². The highest BCUT2D eigenvalue weighted by atomic mass is 19.4. The number of allylic oxidation sites excluding steroid dienone is 1. The van der Waals surface area contributed by atoms with Crippen molar-refractivity contribution in [3.63, 3.8) is 0 Å². The lowest BCUT2D eigenvalue weighted by Gasteiger charge is -2.14. The first-order valence-corrected chi connectivity index (χ1v) is 10.8. The molecule has 3 rings (SSSR count). The zero-order valence-corrected chi connectivity index (χ0v) is 19.0. The molecule has 2 nitrogen and oxygen atoms in total. The summed E-state index contributed by atoms with van der Waals surface area (Å²) in [5.74, 6) is 1.01. The van der Waals surface area contributed by atoms with Crippen molar-refractivity contribution in [3.8, 4) is 11.1 Å². The minimum Gasteiger partial charge on any atom is -0.368 e. The molecule has 3 aromatic carbocycles. The summed E-state index contributed by atoms with van der Waals surface area (Å²) >= 11 is 0. The van der Waals surface area contributed by atoms with Crippen molar-refractivity contribution in [1.82, 2.24) is 5.32 Å². The van der Waals surface area contributed by atoms with E-state index in [1.165, 1.54) is 23.3 Å². The Kier molecular flexibility index (Phi) is 7.64. The van der Waals surface area contributed by atoms with Gasteiger partial charge in [0.15, 0.2) is 0 Å². The Bertz CT molecular complexity index is 1100. The van der Waals surface area contributed by atoms with Gasteiger partial charge in [-0.1, -0.05) is 74.2 Å². The van der Waals surface area contributed by atoms with Crippen LogP contribution in [-0.4, -0.2) is 0 Å². The fourth-order valence-corrected chi connectivity index (χ4v) is 3.38. The van der Waals surface area contributed by atoms with Gasteiger partial charge in [0.05, 0.1) is 11.4 Å². The fourth-order valence-electron chi connectivity index (χ4n) is 3.38. The van der Waals surface area contributed by atoms with E-state index < -0.39 is 11.7 Å². The highest BCUT2D eigenvalue weighted by molar-refractivity contribution is 5.69. The Hall–Kier alpha value is -3.47. The quantitative estimate of drug-likeness (QED) is 0.325. The van der Waals surface area contributed by atoms with E-state index in [9.17, 15) is 13.2 Å². The van der Waals surface area contributed by atoms with E-state index in [2.05, 4.69) is 68.0 Å². The summed E-state index contributed by atoms with van der Waals surface area (Å²) in [4.78, 5) is 0. The molecule has 0 heterocycles. The van der Waals surface area contributed by atoms with Gasteiger partial charge in [-0.05, 0) is 65.8 Å². The molecule has 33 heavy (non-hydrogen) atoms. The molecule has 1 atom stereocenters. The Balaban J connectivity index is 1.58. The smallest absolute Gasteiger partial charge is 0.368 e. The second-order valence-corrected chi connectivity index (χ2v) is 8.38. The van der Waals surface area contributed by atoms with Gasteiger partial charge in [-0.2, -0.15) is 13.2 Å². The average Bonchev–Trinajstić information content (AvgIpc) is 2.78. The Morgan fingerprint density at radius 2 is 1.52 bits per heavy atom. The largest absolute Gasteiger partial charge is 0.416 e. The lowest BCUT2D eigenvalue weighted by molar-refractivity contribution is -0.137. The Labute approximate surface area is 193 Å². The maximum atomic E-state index is 12.7. The van der Waals surface area contributed by atoms with Crippen LogP contribution in [0.3, 0.4) is 0 Å². The first-order valence-electron chi connectivity index (χ1n) is 10.8. The van der Waals surface area contributed by atoms with Gasteiger partial charge in [0.2, 0.25) is 0 Å². The second kappa shape index (κ2) is 10.4. The summed E-state index contributed by atoms with van der Waals surface area (Å²) in [7, 11) is 0. The standard InChI is InChI=1S/C28H29F3N2/c1-19(2)20(3)16-22-8-12-24(13-9-22)25-6-5-7-27(17-25)33-21(4)32-18-23-10-14-26(15-11-23)28(29,30)31/h5-15,17,20,32-33H,1,4,16,18H2,2-3H3. The van der Waals surface area contributed by atoms with Gasteiger partial charge in [0, 0.05) is 12.2 Å². The van der Waals surface area contributed by atoms with Crippen molar-refractivity contribution in [2.45, 2.75) is 33.0 Å².